The molecule has 0 spiro atoms. The molecule has 0 aliphatic carbocycles. The van der Waals surface area contributed by atoms with Crippen molar-refractivity contribution in [2.24, 2.45) is 0 Å². The van der Waals surface area contributed by atoms with E-state index in [2.05, 4.69) is 41.2 Å². The quantitative estimate of drug-likeness (QED) is 0.926. The molecule has 1 aromatic carbocycles. The van der Waals surface area contributed by atoms with Gasteiger partial charge >= 0.3 is 0 Å². The topological polar surface area (TPSA) is 32.3 Å². The number of rotatable bonds is 3. The highest BCUT2D eigenvalue weighted by atomic mass is 79.9. The van der Waals surface area contributed by atoms with Crippen LogP contribution in [0.2, 0.25) is 0 Å². The third-order valence-electron chi connectivity index (χ3n) is 3.49. The van der Waals surface area contributed by atoms with Crippen molar-refractivity contribution in [3.63, 3.8) is 0 Å². The van der Waals surface area contributed by atoms with Gasteiger partial charge in [-0.05, 0) is 31.9 Å². The lowest BCUT2D eigenvalue weighted by Crippen LogP contribution is -2.58. The Labute approximate surface area is 123 Å². The highest BCUT2D eigenvalue weighted by molar-refractivity contribution is 9.10. The predicted molar refractivity (Wildman–Crippen MR) is 81.1 cm³/mol. The van der Waals surface area contributed by atoms with Crippen molar-refractivity contribution in [1.82, 2.24) is 10.2 Å². The summed E-state index contributed by atoms with van der Waals surface area (Å²) in [6.07, 6.45) is 1.38. The van der Waals surface area contributed by atoms with E-state index in [1.54, 1.807) is 0 Å². The molecule has 19 heavy (non-hydrogen) atoms. The molecule has 1 aliphatic rings. The number of carbonyl (C=O) groups excluding carboxylic acids is 1. The number of nitrogens with zero attached hydrogens (tertiary/aromatic N) is 1. The van der Waals surface area contributed by atoms with Gasteiger partial charge in [-0.1, -0.05) is 34.1 Å². The minimum Gasteiger partial charge on any atom is -0.340 e. The molecule has 0 unspecified atom stereocenters. The van der Waals surface area contributed by atoms with Crippen LogP contribution in [0.4, 0.5) is 0 Å². The number of carbonyl (C=O) groups is 1. The standard InChI is InChI=1S/C15H21BrN2O/c1-15(2)11-18(10-9-17-15)14(19)8-7-12-5-3-4-6-13(12)16/h3-6,17H,7-11H2,1-2H3. The fourth-order valence-corrected chi connectivity index (χ4v) is 2.94. The van der Waals surface area contributed by atoms with Gasteiger partial charge in [0.05, 0.1) is 0 Å². The molecule has 2 rings (SSSR count). The van der Waals surface area contributed by atoms with Crippen molar-refractivity contribution in [1.29, 1.82) is 0 Å². The monoisotopic (exact) mass is 324 g/mol. The molecule has 0 saturated carbocycles. The van der Waals surface area contributed by atoms with Gasteiger partial charge in [0, 0.05) is 36.1 Å². The second kappa shape index (κ2) is 6.06. The third kappa shape index (κ3) is 4.05. The number of nitrogens with one attached hydrogen (secondary N) is 1. The molecule has 0 atom stereocenters. The maximum atomic E-state index is 12.3. The lowest BCUT2D eigenvalue weighted by molar-refractivity contribution is -0.133. The van der Waals surface area contributed by atoms with Crippen LogP contribution in [0.1, 0.15) is 25.8 Å². The SMILES string of the molecule is CC1(C)CN(C(=O)CCc2ccccc2Br)CCN1. The van der Waals surface area contributed by atoms with E-state index in [1.807, 2.05) is 23.1 Å². The highest BCUT2D eigenvalue weighted by Crippen LogP contribution is 2.18. The average Bonchev–Trinajstić information content (AvgIpc) is 2.36. The number of piperazine rings is 1. The summed E-state index contributed by atoms with van der Waals surface area (Å²) in [5.74, 6) is 0.255. The van der Waals surface area contributed by atoms with Crippen LogP contribution >= 0.6 is 15.9 Å². The number of hydrogen-bond acceptors (Lipinski definition) is 2. The lowest BCUT2D eigenvalue weighted by Gasteiger charge is -2.39. The van der Waals surface area contributed by atoms with Crippen molar-refractivity contribution in [2.45, 2.75) is 32.2 Å². The summed E-state index contributed by atoms with van der Waals surface area (Å²) in [5, 5.41) is 3.42. The van der Waals surface area contributed by atoms with E-state index >= 15 is 0 Å². The summed E-state index contributed by atoms with van der Waals surface area (Å²) >= 11 is 3.53. The van der Waals surface area contributed by atoms with E-state index in [-0.39, 0.29) is 11.4 Å². The first-order valence-electron chi connectivity index (χ1n) is 6.74. The Morgan fingerprint density at radius 2 is 2.16 bits per heavy atom. The van der Waals surface area contributed by atoms with E-state index in [4.69, 9.17) is 0 Å². The Morgan fingerprint density at radius 3 is 2.84 bits per heavy atom. The smallest absolute Gasteiger partial charge is 0.223 e. The molecule has 0 bridgehead atoms. The molecule has 1 aromatic rings. The van der Waals surface area contributed by atoms with E-state index in [9.17, 15) is 4.79 Å². The van der Waals surface area contributed by atoms with Gasteiger partial charge in [0.15, 0.2) is 0 Å². The molecule has 1 heterocycles. The maximum Gasteiger partial charge on any atom is 0.223 e. The Bertz CT molecular complexity index is 459. The van der Waals surface area contributed by atoms with Crippen molar-refractivity contribution in [2.75, 3.05) is 19.6 Å². The van der Waals surface area contributed by atoms with Crippen molar-refractivity contribution in [3.8, 4) is 0 Å². The summed E-state index contributed by atoms with van der Waals surface area (Å²) in [6, 6.07) is 8.10. The third-order valence-corrected chi connectivity index (χ3v) is 4.26. The normalized spacial score (nSPS) is 18.4. The highest BCUT2D eigenvalue weighted by Gasteiger charge is 2.28. The molecule has 4 heteroatoms. The number of halogens is 1. The molecule has 0 radical (unpaired) electrons. The van der Waals surface area contributed by atoms with Crippen LogP contribution in [-0.4, -0.2) is 36.0 Å². The molecule has 1 aliphatic heterocycles. The second-order valence-corrected chi connectivity index (χ2v) is 6.57. The van der Waals surface area contributed by atoms with Gasteiger partial charge in [-0.25, -0.2) is 0 Å². The van der Waals surface area contributed by atoms with Gasteiger partial charge in [-0.3, -0.25) is 4.79 Å². The lowest BCUT2D eigenvalue weighted by atomic mass is 10.0. The Morgan fingerprint density at radius 1 is 1.42 bits per heavy atom. The molecular formula is C15H21BrN2O. The molecule has 0 aromatic heterocycles. The molecule has 3 nitrogen and oxygen atoms in total. The van der Waals surface area contributed by atoms with Crippen LogP contribution < -0.4 is 5.32 Å². The summed E-state index contributed by atoms with van der Waals surface area (Å²) in [6.45, 7) is 6.77. The van der Waals surface area contributed by atoms with Gasteiger partial charge in [-0.15, -0.1) is 0 Å². The van der Waals surface area contributed by atoms with Crippen LogP contribution in [0, 0.1) is 0 Å². The van der Waals surface area contributed by atoms with E-state index in [0.717, 1.165) is 30.5 Å². The Balaban J connectivity index is 1.90. The van der Waals surface area contributed by atoms with Crippen LogP contribution in [0.3, 0.4) is 0 Å². The number of hydrogen-bond donors (Lipinski definition) is 1. The van der Waals surface area contributed by atoms with Gasteiger partial charge in [0.2, 0.25) is 5.91 Å². The van der Waals surface area contributed by atoms with Gasteiger partial charge in [-0.2, -0.15) is 0 Å². The Hall–Kier alpha value is -0.870. The van der Waals surface area contributed by atoms with Gasteiger partial charge in [0.25, 0.3) is 0 Å². The number of aryl methyl sites for hydroxylation is 1. The van der Waals surface area contributed by atoms with Gasteiger partial charge < -0.3 is 10.2 Å². The molecule has 104 valence electrons. The van der Waals surface area contributed by atoms with Crippen molar-refractivity contribution < 1.29 is 4.79 Å². The second-order valence-electron chi connectivity index (χ2n) is 5.72. The van der Waals surface area contributed by atoms with Crippen molar-refractivity contribution >= 4 is 21.8 Å². The minimum absolute atomic E-state index is 0.0290. The fourth-order valence-electron chi connectivity index (χ4n) is 2.46. The first-order chi connectivity index (χ1) is 8.98. The minimum atomic E-state index is 0.0290. The summed E-state index contributed by atoms with van der Waals surface area (Å²) in [5.41, 5.74) is 1.23. The van der Waals surface area contributed by atoms with E-state index in [0.29, 0.717) is 6.42 Å². The van der Waals surface area contributed by atoms with Gasteiger partial charge in [0.1, 0.15) is 0 Å². The summed E-state index contributed by atoms with van der Waals surface area (Å²) < 4.78 is 1.09. The molecule has 1 fully saturated rings. The average molecular weight is 325 g/mol. The number of amides is 1. The number of benzene rings is 1. The largest absolute Gasteiger partial charge is 0.340 e. The molecule has 1 N–H and O–H groups in total. The maximum absolute atomic E-state index is 12.3. The predicted octanol–water partition coefficient (Wildman–Crippen LogP) is 2.59. The molecule has 1 saturated heterocycles. The van der Waals surface area contributed by atoms with E-state index in [1.165, 1.54) is 5.56 Å². The summed E-state index contributed by atoms with van der Waals surface area (Å²) in [7, 11) is 0. The Kier molecular flexibility index (Phi) is 4.63. The van der Waals surface area contributed by atoms with Crippen LogP contribution in [0.25, 0.3) is 0 Å². The first kappa shape index (κ1) is 14.5. The van der Waals surface area contributed by atoms with Crippen molar-refractivity contribution in [3.05, 3.63) is 34.3 Å². The van der Waals surface area contributed by atoms with Crippen LogP contribution in [0.5, 0.6) is 0 Å². The zero-order valence-corrected chi connectivity index (χ0v) is 13.2. The zero-order valence-electron chi connectivity index (χ0n) is 11.6. The van der Waals surface area contributed by atoms with Crippen LogP contribution in [-0.2, 0) is 11.2 Å². The summed E-state index contributed by atoms with van der Waals surface area (Å²) in [4.78, 5) is 14.2. The zero-order chi connectivity index (χ0) is 13.9. The molecular weight excluding hydrogens is 304 g/mol. The molecule has 1 amide bonds. The fraction of sp³-hybridized carbons (Fsp3) is 0.533. The first-order valence-corrected chi connectivity index (χ1v) is 7.53. The van der Waals surface area contributed by atoms with Crippen LogP contribution in [0.15, 0.2) is 28.7 Å². The van der Waals surface area contributed by atoms with E-state index < -0.39 is 0 Å².